The van der Waals surface area contributed by atoms with Gasteiger partial charge in [0.2, 0.25) is 5.91 Å². The predicted octanol–water partition coefficient (Wildman–Crippen LogP) is 3.33. The van der Waals surface area contributed by atoms with Crippen molar-refractivity contribution >= 4 is 17.3 Å². The molecule has 0 atom stereocenters. The molecule has 1 aromatic carbocycles. The third-order valence-electron chi connectivity index (χ3n) is 4.26. The molecule has 0 saturated carbocycles. The van der Waals surface area contributed by atoms with Gasteiger partial charge in [0.1, 0.15) is 5.82 Å². The first-order valence-electron chi connectivity index (χ1n) is 7.60. The van der Waals surface area contributed by atoms with Crippen molar-refractivity contribution in [1.29, 1.82) is 0 Å². The highest BCUT2D eigenvalue weighted by atomic mass is 19.1. The van der Waals surface area contributed by atoms with Gasteiger partial charge in [-0.3, -0.25) is 4.79 Å². The summed E-state index contributed by atoms with van der Waals surface area (Å²) in [5, 5.41) is 0. The lowest BCUT2D eigenvalue weighted by molar-refractivity contribution is -0.119. The number of hydrogen-bond acceptors (Lipinski definition) is 2. The van der Waals surface area contributed by atoms with E-state index in [4.69, 9.17) is 0 Å². The van der Waals surface area contributed by atoms with Crippen molar-refractivity contribution in [3.05, 3.63) is 24.0 Å². The van der Waals surface area contributed by atoms with Crippen LogP contribution in [0.2, 0.25) is 0 Å². The molecule has 0 N–H and O–H groups in total. The quantitative estimate of drug-likeness (QED) is 0.827. The van der Waals surface area contributed by atoms with Crippen LogP contribution in [-0.4, -0.2) is 25.5 Å². The lowest BCUT2D eigenvalue weighted by Crippen LogP contribution is -2.35. The van der Waals surface area contributed by atoms with Gasteiger partial charge in [-0.15, -0.1) is 0 Å². The zero-order valence-electron chi connectivity index (χ0n) is 11.8. The Morgan fingerprint density at radius 3 is 2.40 bits per heavy atom. The average molecular weight is 276 g/mol. The highest BCUT2D eigenvalue weighted by molar-refractivity contribution is 5.94. The molecule has 4 heteroatoms. The van der Waals surface area contributed by atoms with Gasteiger partial charge in [0.25, 0.3) is 0 Å². The molecule has 2 saturated heterocycles. The molecule has 2 fully saturated rings. The fourth-order valence-corrected chi connectivity index (χ4v) is 3.13. The summed E-state index contributed by atoms with van der Waals surface area (Å²) in [5.74, 6) is -0.0934. The van der Waals surface area contributed by atoms with Crippen LogP contribution in [0.1, 0.15) is 38.5 Å². The number of anilines is 2. The third-order valence-corrected chi connectivity index (χ3v) is 4.26. The summed E-state index contributed by atoms with van der Waals surface area (Å²) in [4.78, 5) is 15.7. The van der Waals surface area contributed by atoms with Crippen molar-refractivity contribution in [2.75, 3.05) is 29.4 Å². The van der Waals surface area contributed by atoms with Crippen LogP contribution in [-0.2, 0) is 4.79 Å². The molecule has 2 aliphatic heterocycles. The standard InChI is InChI=1S/C16H21FN2O/c17-14-12-13(19-11-5-2-6-16(19)20)7-8-15(14)18-9-3-1-4-10-18/h7-8,12H,1-6,9-11H2. The van der Waals surface area contributed by atoms with Gasteiger partial charge in [0.05, 0.1) is 5.69 Å². The van der Waals surface area contributed by atoms with Crippen molar-refractivity contribution in [2.45, 2.75) is 38.5 Å². The Morgan fingerprint density at radius 2 is 1.70 bits per heavy atom. The Balaban J connectivity index is 1.81. The normalized spacial score (nSPS) is 20.4. The summed E-state index contributed by atoms with van der Waals surface area (Å²) < 4.78 is 14.3. The molecule has 0 spiro atoms. The van der Waals surface area contributed by atoms with E-state index >= 15 is 0 Å². The van der Waals surface area contributed by atoms with Gasteiger partial charge < -0.3 is 9.80 Å². The van der Waals surface area contributed by atoms with Crippen LogP contribution in [0.4, 0.5) is 15.8 Å². The largest absolute Gasteiger partial charge is 0.369 e. The van der Waals surface area contributed by atoms with Gasteiger partial charge in [-0.2, -0.15) is 0 Å². The first-order valence-corrected chi connectivity index (χ1v) is 7.60. The van der Waals surface area contributed by atoms with Crippen LogP contribution in [0.5, 0.6) is 0 Å². The molecule has 0 radical (unpaired) electrons. The summed E-state index contributed by atoms with van der Waals surface area (Å²) in [7, 11) is 0. The molecule has 3 nitrogen and oxygen atoms in total. The lowest BCUT2D eigenvalue weighted by Gasteiger charge is -2.31. The van der Waals surface area contributed by atoms with Crippen LogP contribution in [0.15, 0.2) is 18.2 Å². The number of benzene rings is 1. The van der Waals surface area contributed by atoms with Crippen molar-refractivity contribution in [2.24, 2.45) is 0 Å². The van der Waals surface area contributed by atoms with E-state index in [9.17, 15) is 9.18 Å². The summed E-state index contributed by atoms with van der Waals surface area (Å²) in [6, 6.07) is 5.24. The Kier molecular flexibility index (Phi) is 3.90. The number of piperidine rings is 2. The van der Waals surface area contributed by atoms with Crippen molar-refractivity contribution in [3.8, 4) is 0 Å². The molecule has 1 amide bonds. The summed E-state index contributed by atoms with van der Waals surface area (Å²) in [6.45, 7) is 2.57. The highest BCUT2D eigenvalue weighted by Crippen LogP contribution is 2.28. The first-order chi connectivity index (χ1) is 9.75. The van der Waals surface area contributed by atoms with Gasteiger partial charge >= 0.3 is 0 Å². The van der Waals surface area contributed by atoms with Gasteiger partial charge in [-0.05, 0) is 50.3 Å². The third kappa shape index (κ3) is 2.65. The zero-order valence-corrected chi connectivity index (χ0v) is 11.8. The molecule has 0 aliphatic carbocycles. The number of hydrogen-bond donors (Lipinski definition) is 0. The fraction of sp³-hybridized carbons (Fsp3) is 0.562. The molecule has 1 aromatic rings. The fourth-order valence-electron chi connectivity index (χ4n) is 3.13. The Labute approximate surface area is 119 Å². The molecule has 2 aliphatic rings. The maximum atomic E-state index is 14.3. The van der Waals surface area contributed by atoms with Gasteiger partial charge in [-0.1, -0.05) is 0 Å². The number of carbonyl (C=O) groups excluding carboxylic acids is 1. The molecular weight excluding hydrogens is 255 g/mol. The highest BCUT2D eigenvalue weighted by Gasteiger charge is 2.21. The first kappa shape index (κ1) is 13.4. The van der Waals surface area contributed by atoms with Gasteiger partial charge in [0, 0.05) is 31.7 Å². The van der Waals surface area contributed by atoms with Crippen molar-refractivity contribution in [3.63, 3.8) is 0 Å². The van der Waals surface area contributed by atoms with Gasteiger partial charge in [-0.25, -0.2) is 4.39 Å². The van der Waals surface area contributed by atoms with E-state index in [0.29, 0.717) is 24.3 Å². The van der Waals surface area contributed by atoms with Crippen molar-refractivity contribution in [1.82, 2.24) is 0 Å². The minimum Gasteiger partial charge on any atom is -0.369 e. The average Bonchev–Trinajstić information content (AvgIpc) is 2.48. The van der Waals surface area contributed by atoms with Crippen LogP contribution in [0, 0.1) is 5.82 Å². The molecule has 3 rings (SSSR count). The van der Waals surface area contributed by atoms with E-state index in [0.717, 1.165) is 38.8 Å². The summed E-state index contributed by atoms with van der Waals surface area (Å²) in [5.41, 5.74) is 1.38. The van der Waals surface area contributed by atoms with E-state index in [1.807, 2.05) is 12.1 Å². The Bertz CT molecular complexity index is 497. The van der Waals surface area contributed by atoms with Crippen LogP contribution < -0.4 is 9.80 Å². The predicted molar refractivity (Wildman–Crippen MR) is 78.7 cm³/mol. The number of rotatable bonds is 2. The van der Waals surface area contributed by atoms with Crippen LogP contribution >= 0.6 is 0 Å². The van der Waals surface area contributed by atoms with E-state index in [-0.39, 0.29) is 11.7 Å². The number of amides is 1. The second-order valence-corrected chi connectivity index (χ2v) is 5.69. The summed E-state index contributed by atoms with van der Waals surface area (Å²) >= 11 is 0. The van der Waals surface area contributed by atoms with E-state index in [1.165, 1.54) is 12.5 Å². The zero-order chi connectivity index (χ0) is 13.9. The molecule has 0 bridgehead atoms. The SMILES string of the molecule is O=C1CCCCN1c1ccc(N2CCCCC2)c(F)c1. The number of halogens is 1. The molecule has 0 aromatic heterocycles. The maximum Gasteiger partial charge on any atom is 0.226 e. The maximum absolute atomic E-state index is 14.3. The Morgan fingerprint density at radius 1 is 0.950 bits per heavy atom. The molecular formula is C16H21FN2O. The van der Waals surface area contributed by atoms with Gasteiger partial charge in [0.15, 0.2) is 0 Å². The molecule has 108 valence electrons. The number of nitrogens with zero attached hydrogens (tertiary/aromatic N) is 2. The smallest absolute Gasteiger partial charge is 0.226 e. The van der Waals surface area contributed by atoms with E-state index < -0.39 is 0 Å². The van der Waals surface area contributed by atoms with E-state index in [2.05, 4.69) is 4.90 Å². The van der Waals surface area contributed by atoms with E-state index in [1.54, 1.807) is 4.90 Å². The van der Waals surface area contributed by atoms with Crippen molar-refractivity contribution < 1.29 is 9.18 Å². The minimum absolute atomic E-state index is 0.112. The van der Waals surface area contributed by atoms with Crippen LogP contribution in [0.3, 0.4) is 0 Å². The minimum atomic E-state index is -0.206. The van der Waals surface area contributed by atoms with Crippen LogP contribution in [0.25, 0.3) is 0 Å². The topological polar surface area (TPSA) is 23.6 Å². The lowest BCUT2D eigenvalue weighted by atomic mass is 10.1. The second kappa shape index (κ2) is 5.81. The molecule has 20 heavy (non-hydrogen) atoms. The Hall–Kier alpha value is -1.58. The monoisotopic (exact) mass is 276 g/mol. The second-order valence-electron chi connectivity index (χ2n) is 5.69. The summed E-state index contributed by atoms with van der Waals surface area (Å²) in [6.07, 6.45) is 6.02. The number of carbonyl (C=O) groups is 1. The molecule has 2 heterocycles. The molecule has 0 unspecified atom stereocenters.